The number of benzene rings is 1. The summed E-state index contributed by atoms with van der Waals surface area (Å²) in [5, 5.41) is 11.9. The van der Waals surface area contributed by atoms with Gasteiger partial charge in [0.1, 0.15) is 4.90 Å². The van der Waals surface area contributed by atoms with Crippen LogP contribution in [0.3, 0.4) is 0 Å². The zero-order chi connectivity index (χ0) is 15.2. The van der Waals surface area contributed by atoms with Crippen molar-refractivity contribution in [1.29, 1.82) is 0 Å². The highest BCUT2D eigenvalue weighted by molar-refractivity contribution is 7.89. The Morgan fingerprint density at radius 1 is 1.45 bits per heavy atom. The molecule has 0 saturated carbocycles. The normalized spacial score (nSPS) is 11.1. The lowest BCUT2D eigenvalue weighted by Gasteiger charge is -2.13. The predicted octanol–water partition coefficient (Wildman–Crippen LogP) is 1.67. The number of sulfonamides is 1. The molecule has 0 aliphatic carbocycles. The molecule has 0 aromatic heterocycles. The van der Waals surface area contributed by atoms with Gasteiger partial charge >= 0.3 is 5.97 Å². The van der Waals surface area contributed by atoms with Crippen molar-refractivity contribution in [3.05, 3.63) is 36.4 Å². The van der Waals surface area contributed by atoms with Gasteiger partial charge in [0.05, 0.1) is 11.3 Å². The number of carboxylic acids is 1. The summed E-state index contributed by atoms with van der Waals surface area (Å²) in [7, 11) is -3.79. The monoisotopic (exact) mass is 298 g/mol. The predicted molar refractivity (Wildman–Crippen MR) is 77.6 cm³/mol. The van der Waals surface area contributed by atoms with Gasteiger partial charge in [-0.25, -0.2) is 17.9 Å². The summed E-state index contributed by atoms with van der Waals surface area (Å²) >= 11 is 0. The Bertz CT molecular complexity index is 596. The molecule has 110 valence electrons. The van der Waals surface area contributed by atoms with E-state index >= 15 is 0 Å². The summed E-state index contributed by atoms with van der Waals surface area (Å²) < 4.78 is 26.6. The summed E-state index contributed by atoms with van der Waals surface area (Å²) in [5.74, 6) is -1.17. The molecule has 20 heavy (non-hydrogen) atoms. The maximum atomic E-state index is 12.2. The fourth-order valence-corrected chi connectivity index (χ4v) is 2.73. The van der Waals surface area contributed by atoms with E-state index in [0.717, 1.165) is 12.5 Å². The van der Waals surface area contributed by atoms with Crippen LogP contribution in [0.5, 0.6) is 0 Å². The molecular formula is C13H18N2O4S. The number of hydrogen-bond acceptors (Lipinski definition) is 4. The van der Waals surface area contributed by atoms with E-state index in [1.54, 1.807) is 0 Å². The first-order chi connectivity index (χ1) is 9.42. The van der Waals surface area contributed by atoms with Gasteiger partial charge < -0.3 is 10.4 Å². The van der Waals surface area contributed by atoms with Crippen molar-refractivity contribution in [2.45, 2.75) is 18.2 Å². The molecule has 0 aliphatic heterocycles. The van der Waals surface area contributed by atoms with Crippen molar-refractivity contribution in [3.8, 4) is 0 Å². The molecule has 3 N–H and O–H groups in total. The lowest BCUT2D eigenvalue weighted by molar-refractivity contribution is 0.0696. The van der Waals surface area contributed by atoms with E-state index < -0.39 is 16.0 Å². The lowest BCUT2D eigenvalue weighted by Crippen LogP contribution is -2.25. The molecule has 0 atom stereocenters. The van der Waals surface area contributed by atoms with Gasteiger partial charge in [-0.15, -0.1) is 6.58 Å². The van der Waals surface area contributed by atoms with Gasteiger partial charge in [-0.05, 0) is 24.6 Å². The second-order valence-corrected chi connectivity index (χ2v) is 5.82. The van der Waals surface area contributed by atoms with Gasteiger partial charge in [-0.1, -0.05) is 13.0 Å². The highest BCUT2D eigenvalue weighted by atomic mass is 32.2. The summed E-state index contributed by atoms with van der Waals surface area (Å²) in [4.78, 5) is 10.9. The molecule has 0 saturated heterocycles. The largest absolute Gasteiger partial charge is 0.478 e. The summed E-state index contributed by atoms with van der Waals surface area (Å²) in [6.07, 6.45) is 2.23. The van der Waals surface area contributed by atoms with Gasteiger partial charge in [0.2, 0.25) is 10.0 Å². The van der Waals surface area contributed by atoms with Crippen LogP contribution in [-0.4, -0.2) is 32.6 Å². The third-order valence-corrected chi connectivity index (χ3v) is 3.96. The van der Waals surface area contributed by atoms with Crippen LogP contribution in [0.4, 0.5) is 5.69 Å². The molecule has 0 fully saturated rings. The minimum absolute atomic E-state index is 0.0762. The molecule has 1 aromatic carbocycles. The van der Waals surface area contributed by atoms with Crippen LogP contribution in [0.15, 0.2) is 35.7 Å². The van der Waals surface area contributed by atoms with Crippen LogP contribution in [0.2, 0.25) is 0 Å². The fraction of sp³-hybridized carbons (Fsp3) is 0.308. The fourth-order valence-electron chi connectivity index (χ4n) is 1.53. The highest BCUT2D eigenvalue weighted by Crippen LogP contribution is 2.23. The quantitative estimate of drug-likeness (QED) is 0.635. The van der Waals surface area contributed by atoms with E-state index in [9.17, 15) is 13.2 Å². The first-order valence-corrected chi connectivity index (χ1v) is 7.62. The Balaban J connectivity index is 3.26. The molecular weight excluding hydrogens is 280 g/mol. The number of hydrogen-bond donors (Lipinski definition) is 3. The van der Waals surface area contributed by atoms with Crippen LogP contribution in [0.1, 0.15) is 23.7 Å². The first kappa shape index (κ1) is 16.2. The first-order valence-electron chi connectivity index (χ1n) is 6.14. The van der Waals surface area contributed by atoms with E-state index in [1.807, 2.05) is 6.92 Å². The molecule has 6 nitrogen and oxygen atoms in total. The van der Waals surface area contributed by atoms with Crippen molar-refractivity contribution in [2.75, 3.05) is 18.4 Å². The van der Waals surface area contributed by atoms with E-state index in [1.165, 1.54) is 18.2 Å². The van der Waals surface area contributed by atoms with Crippen LogP contribution < -0.4 is 10.0 Å². The Hall–Kier alpha value is -1.86. The topological polar surface area (TPSA) is 95.5 Å². The van der Waals surface area contributed by atoms with Crippen molar-refractivity contribution in [3.63, 3.8) is 0 Å². The van der Waals surface area contributed by atoms with Crippen LogP contribution in [0, 0.1) is 0 Å². The minimum Gasteiger partial charge on any atom is -0.478 e. The Morgan fingerprint density at radius 2 is 2.15 bits per heavy atom. The third kappa shape index (κ3) is 4.07. The zero-order valence-electron chi connectivity index (χ0n) is 11.2. The summed E-state index contributed by atoms with van der Waals surface area (Å²) in [6.45, 7) is 6.06. The second kappa shape index (κ2) is 7.06. The summed E-state index contributed by atoms with van der Waals surface area (Å²) in [5.41, 5.74) is 0.305. The molecule has 0 unspecified atom stereocenters. The smallest absolute Gasteiger partial charge is 0.335 e. The Labute approximate surface area is 118 Å². The maximum Gasteiger partial charge on any atom is 0.335 e. The molecule has 0 amide bonds. The number of rotatable bonds is 8. The number of carbonyl (C=O) groups is 1. The summed E-state index contributed by atoms with van der Waals surface area (Å²) in [6, 6.07) is 3.97. The van der Waals surface area contributed by atoms with Crippen LogP contribution in [0.25, 0.3) is 0 Å². The Kier molecular flexibility index (Phi) is 5.72. The van der Waals surface area contributed by atoms with Crippen molar-refractivity contribution in [2.24, 2.45) is 0 Å². The van der Waals surface area contributed by atoms with E-state index in [4.69, 9.17) is 5.11 Å². The molecule has 1 rings (SSSR count). The average Bonchev–Trinajstić information content (AvgIpc) is 2.42. The van der Waals surface area contributed by atoms with Crippen LogP contribution >= 0.6 is 0 Å². The van der Waals surface area contributed by atoms with E-state index in [-0.39, 0.29) is 17.0 Å². The highest BCUT2D eigenvalue weighted by Gasteiger charge is 2.19. The number of anilines is 1. The molecule has 0 radical (unpaired) electrons. The van der Waals surface area contributed by atoms with Crippen molar-refractivity contribution < 1.29 is 18.3 Å². The molecule has 1 aromatic rings. The molecule has 7 heteroatoms. The maximum absolute atomic E-state index is 12.2. The van der Waals surface area contributed by atoms with E-state index in [2.05, 4.69) is 16.6 Å². The molecule has 0 aliphatic rings. The molecule has 0 bridgehead atoms. The molecule has 0 heterocycles. The van der Waals surface area contributed by atoms with Crippen molar-refractivity contribution in [1.82, 2.24) is 4.72 Å². The van der Waals surface area contributed by atoms with Gasteiger partial charge in [-0.3, -0.25) is 0 Å². The lowest BCUT2D eigenvalue weighted by atomic mass is 10.2. The van der Waals surface area contributed by atoms with Gasteiger partial charge in [0, 0.05) is 13.1 Å². The Morgan fingerprint density at radius 3 is 2.70 bits per heavy atom. The number of nitrogens with one attached hydrogen (secondary N) is 2. The van der Waals surface area contributed by atoms with Crippen molar-refractivity contribution >= 4 is 21.7 Å². The zero-order valence-corrected chi connectivity index (χ0v) is 12.0. The third-order valence-electron chi connectivity index (χ3n) is 2.50. The van der Waals surface area contributed by atoms with Crippen LogP contribution in [-0.2, 0) is 10.0 Å². The van der Waals surface area contributed by atoms with Gasteiger partial charge in [0.25, 0.3) is 0 Å². The number of carboxylic acid groups (broad SMARTS) is 1. The SMILES string of the molecule is C=CCNS(=O)(=O)c1cc(C(=O)O)ccc1NCCC. The standard InChI is InChI=1S/C13H18N2O4S/c1-3-7-14-11-6-5-10(13(16)17)9-12(11)20(18,19)15-8-4-2/h4-6,9,14-15H,2-3,7-8H2,1H3,(H,16,17). The number of aromatic carboxylic acids is 1. The van der Waals surface area contributed by atoms with Gasteiger partial charge in [0.15, 0.2) is 0 Å². The van der Waals surface area contributed by atoms with Gasteiger partial charge in [-0.2, -0.15) is 0 Å². The van der Waals surface area contributed by atoms with E-state index in [0.29, 0.717) is 12.2 Å². The average molecular weight is 298 g/mol. The molecule has 0 spiro atoms. The second-order valence-electron chi connectivity index (χ2n) is 4.08. The minimum atomic E-state index is -3.79.